The summed E-state index contributed by atoms with van der Waals surface area (Å²) in [5, 5.41) is 3.67. The Morgan fingerprint density at radius 1 is 1.13 bits per heavy atom. The molecule has 2 N–H and O–H groups in total. The first-order chi connectivity index (χ1) is 11.1. The van der Waals surface area contributed by atoms with E-state index in [0.29, 0.717) is 10.7 Å². The number of imidazole rings is 1. The van der Waals surface area contributed by atoms with Crippen LogP contribution in [0.4, 0.5) is 0 Å². The smallest absolute Gasteiger partial charge is 0.272 e. The van der Waals surface area contributed by atoms with Crippen LogP contribution in [0.15, 0.2) is 55.1 Å². The van der Waals surface area contributed by atoms with Crippen LogP contribution in [-0.4, -0.2) is 20.9 Å². The average molecular weight is 327 g/mol. The maximum absolute atomic E-state index is 12.5. The van der Waals surface area contributed by atoms with Crippen molar-refractivity contribution in [3.63, 3.8) is 0 Å². The SMILES string of the molecule is Cc1[nH]cnc1C(=O)N[C@@H](c1ccncc1)c1ccc(Cl)cc1. The van der Waals surface area contributed by atoms with Crippen molar-refractivity contribution in [3.8, 4) is 0 Å². The number of carbonyl (C=O) groups is 1. The third-order valence-corrected chi connectivity index (χ3v) is 3.82. The Labute approximate surface area is 138 Å². The molecule has 1 amide bonds. The Balaban J connectivity index is 1.94. The Morgan fingerprint density at radius 2 is 1.78 bits per heavy atom. The third-order valence-electron chi connectivity index (χ3n) is 3.56. The van der Waals surface area contributed by atoms with Crippen LogP contribution in [0.3, 0.4) is 0 Å². The molecule has 0 radical (unpaired) electrons. The molecule has 0 unspecified atom stereocenters. The Morgan fingerprint density at radius 3 is 2.39 bits per heavy atom. The number of nitrogens with zero attached hydrogens (tertiary/aromatic N) is 2. The molecule has 0 saturated carbocycles. The van der Waals surface area contributed by atoms with Crippen LogP contribution < -0.4 is 5.32 Å². The largest absolute Gasteiger partial charge is 0.348 e. The molecular formula is C17H15ClN4O. The second kappa shape index (κ2) is 6.62. The van der Waals surface area contributed by atoms with Gasteiger partial charge in [0.25, 0.3) is 5.91 Å². The summed E-state index contributed by atoms with van der Waals surface area (Å²) in [5.41, 5.74) is 2.98. The van der Waals surface area contributed by atoms with Crippen molar-refractivity contribution in [2.24, 2.45) is 0 Å². The van der Waals surface area contributed by atoms with Crippen LogP contribution in [0.1, 0.15) is 33.4 Å². The van der Waals surface area contributed by atoms with Gasteiger partial charge in [-0.05, 0) is 42.3 Å². The van der Waals surface area contributed by atoms with Crippen molar-refractivity contribution in [3.05, 3.63) is 82.7 Å². The highest BCUT2D eigenvalue weighted by atomic mass is 35.5. The molecule has 6 heteroatoms. The molecule has 0 spiro atoms. The van der Waals surface area contributed by atoms with E-state index in [0.717, 1.165) is 16.8 Å². The van der Waals surface area contributed by atoms with E-state index in [4.69, 9.17) is 11.6 Å². The van der Waals surface area contributed by atoms with Crippen LogP contribution in [0.5, 0.6) is 0 Å². The number of nitrogens with one attached hydrogen (secondary N) is 2. The molecule has 1 aromatic carbocycles. The number of aromatic nitrogens is 3. The monoisotopic (exact) mass is 326 g/mol. The van der Waals surface area contributed by atoms with Crippen LogP contribution in [0.25, 0.3) is 0 Å². The van der Waals surface area contributed by atoms with E-state index < -0.39 is 0 Å². The molecule has 23 heavy (non-hydrogen) atoms. The molecule has 0 aliphatic rings. The lowest BCUT2D eigenvalue weighted by atomic mass is 9.99. The second-order valence-corrected chi connectivity index (χ2v) is 5.55. The molecule has 3 rings (SSSR count). The van der Waals surface area contributed by atoms with Crippen LogP contribution in [0, 0.1) is 6.92 Å². The summed E-state index contributed by atoms with van der Waals surface area (Å²) in [5.74, 6) is -0.236. The first kappa shape index (κ1) is 15.2. The molecular weight excluding hydrogens is 312 g/mol. The summed E-state index contributed by atoms with van der Waals surface area (Å²) in [6.07, 6.45) is 4.91. The molecule has 0 saturated heterocycles. The summed E-state index contributed by atoms with van der Waals surface area (Å²) in [4.78, 5) is 23.5. The normalized spacial score (nSPS) is 11.9. The maximum Gasteiger partial charge on any atom is 0.272 e. The fourth-order valence-electron chi connectivity index (χ4n) is 2.36. The minimum atomic E-state index is -0.307. The standard InChI is InChI=1S/C17H15ClN4O/c1-11-15(21-10-20-11)17(23)22-16(13-6-8-19-9-7-13)12-2-4-14(18)5-3-12/h2-10,16H,1H3,(H,20,21)(H,22,23)/t16-/m1/s1. The number of aromatic amines is 1. The number of halogens is 1. The van der Waals surface area contributed by atoms with Gasteiger partial charge in [0.1, 0.15) is 5.69 Å². The number of amides is 1. The Hall–Kier alpha value is -2.66. The number of pyridine rings is 1. The number of aryl methyl sites for hydroxylation is 1. The van der Waals surface area contributed by atoms with Gasteiger partial charge in [-0.15, -0.1) is 0 Å². The quantitative estimate of drug-likeness (QED) is 0.773. The minimum Gasteiger partial charge on any atom is -0.348 e. The number of carbonyl (C=O) groups excluding carboxylic acids is 1. The zero-order valence-electron chi connectivity index (χ0n) is 12.5. The van der Waals surface area contributed by atoms with Gasteiger partial charge in [0.15, 0.2) is 0 Å². The molecule has 116 valence electrons. The minimum absolute atomic E-state index is 0.236. The zero-order chi connectivity index (χ0) is 16.2. The van der Waals surface area contributed by atoms with Gasteiger partial charge in [0, 0.05) is 23.1 Å². The van der Waals surface area contributed by atoms with E-state index in [-0.39, 0.29) is 11.9 Å². The highest BCUT2D eigenvalue weighted by molar-refractivity contribution is 6.30. The zero-order valence-corrected chi connectivity index (χ0v) is 13.2. The molecule has 3 aromatic rings. The maximum atomic E-state index is 12.5. The van der Waals surface area contributed by atoms with Crippen molar-refractivity contribution in [1.82, 2.24) is 20.3 Å². The molecule has 5 nitrogen and oxygen atoms in total. The lowest BCUT2D eigenvalue weighted by Crippen LogP contribution is -2.30. The second-order valence-electron chi connectivity index (χ2n) is 5.11. The van der Waals surface area contributed by atoms with Crippen molar-refractivity contribution in [2.45, 2.75) is 13.0 Å². The van der Waals surface area contributed by atoms with Crippen LogP contribution in [-0.2, 0) is 0 Å². The van der Waals surface area contributed by atoms with E-state index in [1.54, 1.807) is 24.5 Å². The summed E-state index contributed by atoms with van der Waals surface area (Å²) in [6.45, 7) is 1.81. The first-order valence-corrected chi connectivity index (χ1v) is 7.49. The topological polar surface area (TPSA) is 70.7 Å². The summed E-state index contributed by atoms with van der Waals surface area (Å²) >= 11 is 5.96. The average Bonchev–Trinajstić information content (AvgIpc) is 3.00. The molecule has 0 bridgehead atoms. The molecule has 0 fully saturated rings. The van der Waals surface area contributed by atoms with E-state index in [9.17, 15) is 4.79 Å². The summed E-state index contributed by atoms with van der Waals surface area (Å²) in [6, 6.07) is 10.8. The van der Waals surface area contributed by atoms with Crippen molar-refractivity contribution in [2.75, 3.05) is 0 Å². The molecule has 2 heterocycles. The van der Waals surface area contributed by atoms with Crippen molar-refractivity contribution in [1.29, 1.82) is 0 Å². The lowest BCUT2D eigenvalue weighted by Gasteiger charge is -2.19. The molecule has 0 aliphatic carbocycles. The van der Waals surface area contributed by atoms with Crippen LogP contribution >= 0.6 is 11.6 Å². The summed E-state index contributed by atoms with van der Waals surface area (Å²) < 4.78 is 0. The Kier molecular flexibility index (Phi) is 4.39. The summed E-state index contributed by atoms with van der Waals surface area (Å²) in [7, 11) is 0. The van der Waals surface area contributed by atoms with Crippen LogP contribution in [0.2, 0.25) is 5.02 Å². The van der Waals surface area contributed by atoms with Gasteiger partial charge in [-0.3, -0.25) is 9.78 Å². The third kappa shape index (κ3) is 3.40. The predicted molar refractivity (Wildman–Crippen MR) is 88.3 cm³/mol. The number of H-pyrrole nitrogens is 1. The Bertz CT molecular complexity index is 799. The van der Waals surface area contributed by atoms with Gasteiger partial charge in [-0.25, -0.2) is 4.98 Å². The van der Waals surface area contributed by atoms with Crippen molar-refractivity contribution < 1.29 is 4.79 Å². The van der Waals surface area contributed by atoms with Gasteiger partial charge in [0.05, 0.1) is 12.4 Å². The predicted octanol–water partition coefficient (Wildman–Crippen LogP) is 3.29. The van der Waals surface area contributed by atoms with E-state index >= 15 is 0 Å². The van der Waals surface area contributed by atoms with Gasteiger partial charge < -0.3 is 10.3 Å². The lowest BCUT2D eigenvalue weighted by molar-refractivity contribution is 0.0938. The molecule has 0 aliphatic heterocycles. The first-order valence-electron chi connectivity index (χ1n) is 7.11. The fourth-order valence-corrected chi connectivity index (χ4v) is 2.48. The number of hydrogen-bond donors (Lipinski definition) is 2. The molecule has 1 atom stereocenters. The van der Waals surface area contributed by atoms with Gasteiger partial charge in [-0.1, -0.05) is 23.7 Å². The van der Waals surface area contributed by atoms with E-state index in [2.05, 4.69) is 20.3 Å². The molecule has 2 aromatic heterocycles. The highest BCUT2D eigenvalue weighted by Gasteiger charge is 2.20. The number of rotatable bonds is 4. The van der Waals surface area contributed by atoms with Gasteiger partial charge >= 0.3 is 0 Å². The van der Waals surface area contributed by atoms with E-state index in [1.807, 2.05) is 31.2 Å². The van der Waals surface area contributed by atoms with Gasteiger partial charge in [-0.2, -0.15) is 0 Å². The number of hydrogen-bond acceptors (Lipinski definition) is 3. The van der Waals surface area contributed by atoms with Crippen molar-refractivity contribution >= 4 is 17.5 Å². The number of benzene rings is 1. The highest BCUT2D eigenvalue weighted by Crippen LogP contribution is 2.23. The fraction of sp³-hybridized carbons (Fsp3) is 0.118. The van der Waals surface area contributed by atoms with Gasteiger partial charge in [0.2, 0.25) is 0 Å². The van der Waals surface area contributed by atoms with E-state index in [1.165, 1.54) is 6.33 Å².